The molecular formula is C11H12N2OS. The average Bonchev–Trinajstić information content (AvgIpc) is 2.68. The van der Waals surface area contributed by atoms with E-state index in [1.165, 1.54) is 5.56 Å². The van der Waals surface area contributed by atoms with Gasteiger partial charge in [0.1, 0.15) is 11.6 Å². The summed E-state index contributed by atoms with van der Waals surface area (Å²) in [5.74, 6) is 4.99. The molecule has 2 aromatic rings. The van der Waals surface area contributed by atoms with Gasteiger partial charge < -0.3 is 0 Å². The minimum absolute atomic E-state index is 0.363. The first-order chi connectivity index (χ1) is 7.29. The molecule has 0 bridgehead atoms. The van der Waals surface area contributed by atoms with Crippen LogP contribution in [0.2, 0.25) is 0 Å². The molecular weight excluding hydrogens is 208 g/mol. The summed E-state index contributed by atoms with van der Waals surface area (Å²) in [4.78, 5) is 8.95. The van der Waals surface area contributed by atoms with Crippen molar-refractivity contribution in [1.82, 2.24) is 4.98 Å². The monoisotopic (exact) mass is 220 g/mol. The summed E-state index contributed by atoms with van der Waals surface area (Å²) in [5, 5.41) is 2.96. The Balaban J connectivity index is 2.25. The second-order valence-corrected chi connectivity index (χ2v) is 4.18. The third-order valence-corrected chi connectivity index (χ3v) is 3.02. The van der Waals surface area contributed by atoms with Gasteiger partial charge in [-0.05, 0) is 6.92 Å². The van der Waals surface area contributed by atoms with Gasteiger partial charge in [-0.15, -0.1) is 11.3 Å². The summed E-state index contributed by atoms with van der Waals surface area (Å²) >= 11 is 1.60. The molecule has 0 aliphatic rings. The van der Waals surface area contributed by atoms with Gasteiger partial charge in [0.15, 0.2) is 0 Å². The topological polar surface area (TPSA) is 48.1 Å². The molecule has 15 heavy (non-hydrogen) atoms. The zero-order valence-electron chi connectivity index (χ0n) is 8.43. The average molecular weight is 220 g/mol. The highest BCUT2D eigenvalue weighted by molar-refractivity contribution is 7.13. The number of nitrogens with zero attached hydrogens (tertiary/aromatic N) is 1. The lowest BCUT2D eigenvalue weighted by molar-refractivity contribution is 0.122. The molecule has 2 N–H and O–H groups in total. The number of aryl methyl sites for hydroxylation is 1. The van der Waals surface area contributed by atoms with Gasteiger partial charge in [-0.2, -0.15) is 0 Å². The molecule has 1 aromatic carbocycles. The van der Waals surface area contributed by atoms with E-state index in [-0.39, 0.29) is 0 Å². The predicted octanol–water partition coefficient (Wildman–Crippen LogP) is 2.51. The maximum atomic E-state index is 4.99. The summed E-state index contributed by atoms with van der Waals surface area (Å²) < 4.78 is 0. The molecule has 0 fully saturated rings. The minimum atomic E-state index is 0.363. The molecule has 0 aliphatic carbocycles. The van der Waals surface area contributed by atoms with E-state index in [0.29, 0.717) is 6.61 Å². The first-order valence-corrected chi connectivity index (χ1v) is 5.50. The SMILES string of the molecule is Cc1ccc(-c2nc(CON)cs2)cc1. The third kappa shape index (κ3) is 2.41. The van der Waals surface area contributed by atoms with Gasteiger partial charge in [-0.3, -0.25) is 4.84 Å². The molecule has 0 unspecified atom stereocenters. The predicted molar refractivity (Wildman–Crippen MR) is 61.3 cm³/mol. The molecule has 0 saturated carbocycles. The van der Waals surface area contributed by atoms with Gasteiger partial charge in [0.2, 0.25) is 0 Å². The van der Waals surface area contributed by atoms with E-state index in [1.807, 2.05) is 5.38 Å². The standard InChI is InChI=1S/C11H12N2OS/c1-8-2-4-9(5-3-8)11-13-10(6-14-12)7-15-11/h2-5,7H,6,12H2,1H3. The number of thiazole rings is 1. The van der Waals surface area contributed by atoms with E-state index < -0.39 is 0 Å². The zero-order chi connectivity index (χ0) is 10.7. The number of hydrogen-bond donors (Lipinski definition) is 1. The summed E-state index contributed by atoms with van der Waals surface area (Å²) in [7, 11) is 0. The molecule has 1 aromatic heterocycles. The van der Waals surface area contributed by atoms with Crippen LogP contribution < -0.4 is 5.90 Å². The van der Waals surface area contributed by atoms with Crippen LogP contribution in [0.1, 0.15) is 11.3 Å². The number of nitrogens with two attached hydrogens (primary N) is 1. The summed E-state index contributed by atoms with van der Waals surface area (Å²) in [6.07, 6.45) is 0. The van der Waals surface area contributed by atoms with Crippen molar-refractivity contribution >= 4 is 11.3 Å². The van der Waals surface area contributed by atoms with Crippen LogP contribution in [-0.4, -0.2) is 4.98 Å². The molecule has 0 atom stereocenters. The Kier molecular flexibility index (Phi) is 3.11. The Morgan fingerprint density at radius 3 is 2.73 bits per heavy atom. The van der Waals surface area contributed by atoms with Crippen LogP contribution in [0.3, 0.4) is 0 Å². The Morgan fingerprint density at radius 2 is 2.07 bits per heavy atom. The van der Waals surface area contributed by atoms with Crippen molar-refractivity contribution in [1.29, 1.82) is 0 Å². The van der Waals surface area contributed by atoms with Crippen LogP contribution in [0, 0.1) is 6.92 Å². The summed E-state index contributed by atoms with van der Waals surface area (Å²) in [6.45, 7) is 2.43. The minimum Gasteiger partial charge on any atom is -0.298 e. The Bertz CT molecular complexity index is 436. The van der Waals surface area contributed by atoms with Gasteiger partial charge in [-0.1, -0.05) is 29.8 Å². The first kappa shape index (κ1) is 10.3. The van der Waals surface area contributed by atoms with Gasteiger partial charge in [-0.25, -0.2) is 10.9 Å². The second-order valence-electron chi connectivity index (χ2n) is 3.32. The van der Waals surface area contributed by atoms with Crippen LogP contribution >= 0.6 is 11.3 Å². The molecule has 4 heteroatoms. The summed E-state index contributed by atoms with van der Waals surface area (Å²) in [5.41, 5.74) is 3.26. The fourth-order valence-corrected chi connectivity index (χ4v) is 2.10. The highest BCUT2D eigenvalue weighted by Crippen LogP contribution is 2.23. The number of hydrogen-bond acceptors (Lipinski definition) is 4. The Hall–Kier alpha value is -1.23. The zero-order valence-corrected chi connectivity index (χ0v) is 9.25. The van der Waals surface area contributed by atoms with Crippen molar-refractivity contribution in [3.05, 3.63) is 40.9 Å². The van der Waals surface area contributed by atoms with Crippen molar-refractivity contribution in [2.75, 3.05) is 0 Å². The maximum absolute atomic E-state index is 4.99. The highest BCUT2D eigenvalue weighted by Gasteiger charge is 2.03. The van der Waals surface area contributed by atoms with Gasteiger partial charge >= 0.3 is 0 Å². The molecule has 0 saturated heterocycles. The quantitative estimate of drug-likeness (QED) is 0.808. The van der Waals surface area contributed by atoms with Crippen molar-refractivity contribution in [2.24, 2.45) is 5.90 Å². The molecule has 78 valence electrons. The van der Waals surface area contributed by atoms with E-state index in [2.05, 4.69) is 41.0 Å². The van der Waals surface area contributed by atoms with E-state index in [4.69, 9.17) is 5.90 Å². The third-order valence-electron chi connectivity index (χ3n) is 2.08. The summed E-state index contributed by atoms with van der Waals surface area (Å²) in [6, 6.07) is 8.30. The molecule has 2 rings (SSSR count). The van der Waals surface area contributed by atoms with Crippen molar-refractivity contribution in [3.63, 3.8) is 0 Å². The van der Waals surface area contributed by atoms with E-state index in [0.717, 1.165) is 16.3 Å². The highest BCUT2D eigenvalue weighted by atomic mass is 32.1. The smallest absolute Gasteiger partial charge is 0.123 e. The molecule has 0 spiro atoms. The lowest BCUT2D eigenvalue weighted by Gasteiger charge is -1.96. The Labute approximate surface area is 92.5 Å². The van der Waals surface area contributed by atoms with Crippen LogP contribution in [0.5, 0.6) is 0 Å². The van der Waals surface area contributed by atoms with E-state index >= 15 is 0 Å². The largest absolute Gasteiger partial charge is 0.298 e. The van der Waals surface area contributed by atoms with Crippen molar-refractivity contribution in [2.45, 2.75) is 13.5 Å². The normalized spacial score (nSPS) is 10.5. The maximum Gasteiger partial charge on any atom is 0.123 e. The molecule has 0 aliphatic heterocycles. The van der Waals surface area contributed by atoms with Crippen LogP contribution in [0.4, 0.5) is 0 Å². The van der Waals surface area contributed by atoms with Crippen LogP contribution in [0.15, 0.2) is 29.6 Å². The first-order valence-electron chi connectivity index (χ1n) is 4.63. The molecule has 3 nitrogen and oxygen atoms in total. The molecule has 0 amide bonds. The fraction of sp³-hybridized carbons (Fsp3) is 0.182. The Morgan fingerprint density at radius 1 is 1.33 bits per heavy atom. The lowest BCUT2D eigenvalue weighted by atomic mass is 10.2. The van der Waals surface area contributed by atoms with Gasteiger partial charge in [0.25, 0.3) is 0 Å². The number of aromatic nitrogens is 1. The fourth-order valence-electron chi connectivity index (χ4n) is 1.29. The van der Waals surface area contributed by atoms with Crippen LogP contribution in [0.25, 0.3) is 10.6 Å². The number of rotatable bonds is 3. The molecule has 1 heterocycles. The number of benzene rings is 1. The van der Waals surface area contributed by atoms with Crippen molar-refractivity contribution < 1.29 is 4.84 Å². The van der Waals surface area contributed by atoms with Crippen LogP contribution in [-0.2, 0) is 11.4 Å². The van der Waals surface area contributed by atoms with Gasteiger partial charge in [0, 0.05) is 10.9 Å². The van der Waals surface area contributed by atoms with Gasteiger partial charge in [0.05, 0.1) is 5.69 Å². The second kappa shape index (κ2) is 4.53. The van der Waals surface area contributed by atoms with Crippen molar-refractivity contribution in [3.8, 4) is 10.6 Å². The lowest BCUT2D eigenvalue weighted by Crippen LogP contribution is -1.98. The van der Waals surface area contributed by atoms with E-state index in [1.54, 1.807) is 11.3 Å². The van der Waals surface area contributed by atoms with E-state index in [9.17, 15) is 0 Å². The molecule has 0 radical (unpaired) electrons.